The Morgan fingerprint density at radius 2 is 2.00 bits per heavy atom. The molecule has 0 saturated carbocycles. The van der Waals surface area contributed by atoms with Gasteiger partial charge in [-0.15, -0.1) is 0 Å². The number of hydrogen-bond acceptors (Lipinski definition) is 4. The van der Waals surface area contributed by atoms with Crippen LogP contribution in [0.3, 0.4) is 0 Å². The molecule has 20 heavy (non-hydrogen) atoms. The van der Waals surface area contributed by atoms with Gasteiger partial charge in [0, 0.05) is 18.0 Å². The second-order valence-electron chi connectivity index (χ2n) is 5.08. The third kappa shape index (κ3) is 2.35. The van der Waals surface area contributed by atoms with E-state index in [1.165, 1.54) is 11.0 Å². The largest absolute Gasteiger partial charge is 0.308 e. The normalized spacial score (nSPS) is 17.2. The van der Waals surface area contributed by atoms with Gasteiger partial charge in [-0.3, -0.25) is 9.59 Å². The highest BCUT2D eigenvalue weighted by Crippen LogP contribution is 2.33. The standard InChI is InChI=1S/C14H17NO4S/c1-4-12(16)10-5-6-11-13(7-10)20(18,19)8-14(17)15(11)9(2)3/h5-7,9H,4,8H2,1-3H3. The SMILES string of the molecule is CCC(=O)c1ccc2c(c1)S(=O)(=O)CC(=O)N2C(C)C. The van der Waals surface area contributed by atoms with Crippen LogP contribution in [0.25, 0.3) is 0 Å². The van der Waals surface area contributed by atoms with Crippen molar-refractivity contribution in [1.29, 1.82) is 0 Å². The summed E-state index contributed by atoms with van der Waals surface area (Å²) < 4.78 is 24.3. The van der Waals surface area contributed by atoms with Crippen molar-refractivity contribution in [3.8, 4) is 0 Å². The van der Waals surface area contributed by atoms with E-state index in [1.54, 1.807) is 19.1 Å². The number of carbonyl (C=O) groups excluding carboxylic acids is 2. The smallest absolute Gasteiger partial charge is 0.242 e. The zero-order chi connectivity index (χ0) is 15.1. The molecule has 0 N–H and O–H groups in total. The van der Waals surface area contributed by atoms with E-state index in [-0.39, 0.29) is 16.7 Å². The number of fused-ring (bicyclic) bond motifs is 1. The molecule has 0 bridgehead atoms. The Bertz CT molecular complexity index is 676. The maximum atomic E-state index is 12.2. The van der Waals surface area contributed by atoms with E-state index in [0.29, 0.717) is 17.7 Å². The second kappa shape index (κ2) is 5.01. The number of nitrogens with zero attached hydrogens (tertiary/aromatic N) is 1. The fraction of sp³-hybridized carbons (Fsp3) is 0.429. The summed E-state index contributed by atoms with van der Waals surface area (Å²) in [5, 5.41) is 0. The number of sulfone groups is 1. The predicted molar refractivity (Wildman–Crippen MR) is 75.7 cm³/mol. The first-order valence-electron chi connectivity index (χ1n) is 6.50. The molecule has 5 nitrogen and oxygen atoms in total. The van der Waals surface area contributed by atoms with E-state index in [1.807, 2.05) is 13.8 Å². The van der Waals surface area contributed by atoms with E-state index >= 15 is 0 Å². The summed E-state index contributed by atoms with van der Waals surface area (Å²) in [7, 11) is -3.67. The highest BCUT2D eigenvalue weighted by atomic mass is 32.2. The Labute approximate surface area is 118 Å². The molecule has 1 aliphatic rings. The number of rotatable bonds is 3. The third-order valence-electron chi connectivity index (χ3n) is 3.30. The van der Waals surface area contributed by atoms with Crippen molar-refractivity contribution < 1.29 is 18.0 Å². The van der Waals surface area contributed by atoms with Crippen LogP contribution in [0.1, 0.15) is 37.6 Å². The Balaban J connectivity index is 2.67. The lowest BCUT2D eigenvalue weighted by Gasteiger charge is -2.32. The Morgan fingerprint density at radius 3 is 2.55 bits per heavy atom. The molecule has 1 aliphatic heterocycles. The number of Topliss-reactive ketones (excluding diaryl/α,β-unsaturated/α-hetero) is 1. The highest BCUT2D eigenvalue weighted by molar-refractivity contribution is 7.92. The minimum absolute atomic E-state index is 0.0742. The van der Waals surface area contributed by atoms with E-state index < -0.39 is 21.5 Å². The molecule has 0 aromatic heterocycles. The molecule has 0 saturated heterocycles. The molecule has 2 rings (SSSR count). The summed E-state index contributed by atoms with van der Waals surface area (Å²) in [6.45, 7) is 5.37. The molecule has 0 fully saturated rings. The van der Waals surface area contributed by atoms with Gasteiger partial charge in [0.25, 0.3) is 0 Å². The fourth-order valence-corrected chi connectivity index (χ4v) is 3.76. The van der Waals surface area contributed by atoms with Crippen LogP contribution in [0.5, 0.6) is 0 Å². The van der Waals surface area contributed by atoms with Crippen molar-refractivity contribution in [3.63, 3.8) is 0 Å². The van der Waals surface area contributed by atoms with Crippen LogP contribution < -0.4 is 4.90 Å². The zero-order valence-electron chi connectivity index (χ0n) is 11.7. The van der Waals surface area contributed by atoms with Crippen LogP contribution in [-0.2, 0) is 14.6 Å². The monoisotopic (exact) mass is 295 g/mol. The van der Waals surface area contributed by atoms with Crippen molar-refractivity contribution in [1.82, 2.24) is 0 Å². The van der Waals surface area contributed by atoms with Gasteiger partial charge < -0.3 is 4.90 Å². The Kier molecular flexibility index (Phi) is 3.69. The lowest BCUT2D eigenvalue weighted by atomic mass is 10.1. The fourth-order valence-electron chi connectivity index (χ4n) is 2.35. The molecular formula is C14H17NO4S. The molecular weight excluding hydrogens is 278 g/mol. The van der Waals surface area contributed by atoms with Gasteiger partial charge in [0.1, 0.15) is 5.75 Å². The summed E-state index contributed by atoms with van der Waals surface area (Å²) >= 11 is 0. The molecule has 0 aliphatic carbocycles. The average molecular weight is 295 g/mol. The number of benzene rings is 1. The summed E-state index contributed by atoms with van der Waals surface area (Å²) in [6.07, 6.45) is 0.311. The molecule has 0 unspecified atom stereocenters. The summed E-state index contributed by atoms with van der Waals surface area (Å²) in [4.78, 5) is 25.2. The van der Waals surface area contributed by atoms with Crippen molar-refractivity contribution >= 4 is 27.2 Å². The molecule has 1 aromatic carbocycles. The lowest BCUT2D eigenvalue weighted by Crippen LogP contribution is -2.44. The molecule has 108 valence electrons. The van der Waals surface area contributed by atoms with Gasteiger partial charge in [-0.25, -0.2) is 8.42 Å². The molecule has 0 radical (unpaired) electrons. The van der Waals surface area contributed by atoms with Crippen molar-refractivity contribution in [3.05, 3.63) is 23.8 Å². The van der Waals surface area contributed by atoms with E-state index in [2.05, 4.69) is 0 Å². The average Bonchev–Trinajstić information content (AvgIpc) is 2.36. The summed E-state index contributed by atoms with van der Waals surface area (Å²) in [5.74, 6) is -1.08. The van der Waals surface area contributed by atoms with Crippen LogP contribution in [0.4, 0.5) is 5.69 Å². The number of amides is 1. The minimum Gasteiger partial charge on any atom is -0.308 e. The van der Waals surface area contributed by atoms with E-state index in [9.17, 15) is 18.0 Å². The molecule has 0 atom stereocenters. The zero-order valence-corrected chi connectivity index (χ0v) is 12.5. The molecule has 6 heteroatoms. The predicted octanol–water partition coefficient (Wildman–Crippen LogP) is 1.81. The minimum atomic E-state index is -3.67. The maximum absolute atomic E-state index is 12.2. The van der Waals surface area contributed by atoms with E-state index in [0.717, 1.165) is 0 Å². The summed E-state index contributed by atoms with van der Waals surface area (Å²) in [5.41, 5.74) is 0.733. The number of anilines is 1. The first-order chi connectivity index (χ1) is 9.27. The van der Waals surface area contributed by atoms with Crippen LogP contribution in [-0.4, -0.2) is 31.9 Å². The van der Waals surface area contributed by atoms with Gasteiger partial charge in [0.2, 0.25) is 5.91 Å². The Morgan fingerprint density at radius 1 is 1.35 bits per heavy atom. The van der Waals surface area contributed by atoms with Gasteiger partial charge >= 0.3 is 0 Å². The number of carbonyl (C=O) groups is 2. The molecule has 1 heterocycles. The van der Waals surface area contributed by atoms with Crippen LogP contribution >= 0.6 is 0 Å². The topological polar surface area (TPSA) is 71.5 Å². The molecule has 0 spiro atoms. The van der Waals surface area contributed by atoms with Crippen molar-refractivity contribution in [2.24, 2.45) is 0 Å². The van der Waals surface area contributed by atoms with Gasteiger partial charge in [-0.1, -0.05) is 6.92 Å². The highest BCUT2D eigenvalue weighted by Gasteiger charge is 2.36. The maximum Gasteiger partial charge on any atom is 0.242 e. The van der Waals surface area contributed by atoms with Crippen LogP contribution in [0.2, 0.25) is 0 Å². The quantitative estimate of drug-likeness (QED) is 0.797. The lowest BCUT2D eigenvalue weighted by molar-refractivity contribution is -0.116. The van der Waals surface area contributed by atoms with Gasteiger partial charge in [0.15, 0.2) is 15.6 Å². The first kappa shape index (κ1) is 14.7. The van der Waals surface area contributed by atoms with E-state index in [4.69, 9.17) is 0 Å². The second-order valence-corrected chi connectivity index (χ2v) is 7.03. The van der Waals surface area contributed by atoms with Gasteiger partial charge in [-0.05, 0) is 32.0 Å². The number of hydrogen-bond donors (Lipinski definition) is 0. The first-order valence-corrected chi connectivity index (χ1v) is 8.15. The van der Waals surface area contributed by atoms with Crippen molar-refractivity contribution in [2.75, 3.05) is 10.7 Å². The van der Waals surface area contributed by atoms with Gasteiger partial charge in [0.05, 0.1) is 10.6 Å². The number of ketones is 1. The van der Waals surface area contributed by atoms with Crippen LogP contribution in [0, 0.1) is 0 Å². The summed E-state index contributed by atoms with van der Waals surface area (Å²) in [6, 6.07) is 4.38. The Hall–Kier alpha value is -1.69. The third-order valence-corrected chi connectivity index (χ3v) is 4.92. The van der Waals surface area contributed by atoms with Crippen LogP contribution in [0.15, 0.2) is 23.1 Å². The molecule has 1 aromatic rings. The molecule has 1 amide bonds. The van der Waals surface area contributed by atoms with Crippen molar-refractivity contribution in [2.45, 2.75) is 38.1 Å². The van der Waals surface area contributed by atoms with Gasteiger partial charge in [-0.2, -0.15) is 0 Å².